The van der Waals surface area contributed by atoms with Gasteiger partial charge in [-0.15, -0.1) is 0 Å². The highest BCUT2D eigenvalue weighted by Crippen LogP contribution is 2.40. The molecule has 202 valence electrons. The molecule has 0 radical (unpaired) electrons. The number of hydrogen-bond donors (Lipinski definition) is 0. The summed E-state index contributed by atoms with van der Waals surface area (Å²) in [6.45, 7) is 0. The van der Waals surface area contributed by atoms with E-state index in [1.165, 1.54) is 45.6 Å². The standard InChI is InChI=1S/C10H15O5P3.C10H12O5.CH4.2CH3/c11-10(12)6-1-7(13-3-16)9(15-5-18)8(2-6)14-4-17;1-13-7-4-6(10(11)12)5-8(14-2)9(7)15-3;;;/h1-2H,3-5,16-18H2,(H,11,12);4-5H,1-3H3,(H,11,12);1H4;2*1H3/q;;;2*+1/p-2. The van der Waals surface area contributed by atoms with E-state index in [2.05, 4.69) is 27.7 Å². The van der Waals surface area contributed by atoms with Crippen LogP contribution in [-0.2, 0) is 0 Å². The molecule has 3 unspecified atom stereocenters. The number of aromatic carboxylic acids is 2. The molecule has 13 heteroatoms. The Bertz CT molecular complexity index is 902. The lowest BCUT2D eigenvalue weighted by Crippen LogP contribution is -2.22. The molecule has 0 N–H and O–H groups in total. The summed E-state index contributed by atoms with van der Waals surface area (Å²) in [6.07, 6.45) is 0.958. The third-order valence-corrected chi connectivity index (χ3v) is 4.36. The molecule has 2 aromatic carbocycles. The van der Waals surface area contributed by atoms with Crippen LogP contribution in [0, 0.1) is 14.9 Å². The third kappa shape index (κ3) is 10.4. The van der Waals surface area contributed by atoms with E-state index in [-0.39, 0.29) is 44.9 Å². The Morgan fingerprint density at radius 3 is 1.22 bits per heavy atom. The number of carbonyl (C=O) groups excluding carboxylic acids is 2. The van der Waals surface area contributed by atoms with Crippen LogP contribution in [0.25, 0.3) is 0 Å². The summed E-state index contributed by atoms with van der Waals surface area (Å²) in [5, 5.41) is 21.6. The van der Waals surface area contributed by atoms with E-state index < -0.39 is 11.9 Å². The number of carbonyl (C=O) groups is 2. The first-order valence-electron chi connectivity index (χ1n) is 9.17. The molecule has 0 heterocycles. The Hall–Kier alpha value is -2.79. The van der Waals surface area contributed by atoms with Gasteiger partial charge in [-0.2, -0.15) is 0 Å². The molecule has 36 heavy (non-hydrogen) atoms. The maximum atomic E-state index is 10.9. The summed E-state index contributed by atoms with van der Waals surface area (Å²) in [6, 6.07) is 5.34. The normalized spacial score (nSPS) is 8.94. The largest absolute Gasteiger partial charge is 0.545 e. The van der Waals surface area contributed by atoms with Crippen LogP contribution in [0.15, 0.2) is 24.3 Å². The highest BCUT2D eigenvalue weighted by atomic mass is 31.0. The van der Waals surface area contributed by atoms with E-state index in [9.17, 15) is 19.8 Å². The molecule has 2 aromatic rings. The van der Waals surface area contributed by atoms with Gasteiger partial charge in [0.05, 0.1) is 33.3 Å². The minimum atomic E-state index is -1.30. The number of benzene rings is 2. The first kappa shape index (κ1) is 37.8. The Kier molecular flexibility index (Phi) is 20.3. The number of methoxy groups -OCH3 is 3. The van der Waals surface area contributed by atoms with Gasteiger partial charge >= 0.3 is 0 Å². The molecule has 3 atom stereocenters. The number of rotatable bonds is 11. The van der Waals surface area contributed by atoms with Crippen LogP contribution < -0.4 is 38.6 Å². The zero-order valence-electron chi connectivity index (χ0n) is 20.2. The Labute approximate surface area is 220 Å². The summed E-state index contributed by atoms with van der Waals surface area (Å²) in [7, 11) is 11.4. The van der Waals surface area contributed by atoms with Crippen LogP contribution in [-0.4, -0.2) is 52.3 Å². The van der Waals surface area contributed by atoms with Crippen molar-refractivity contribution in [1.29, 1.82) is 0 Å². The molecule has 0 aromatic heterocycles. The fourth-order valence-electron chi connectivity index (χ4n) is 2.51. The molecule has 0 bridgehead atoms. The molecule has 0 spiro atoms. The van der Waals surface area contributed by atoms with Gasteiger partial charge in [0.15, 0.2) is 23.0 Å². The summed E-state index contributed by atoms with van der Waals surface area (Å²) >= 11 is 0. The number of hydrogen-bond acceptors (Lipinski definition) is 10. The molecule has 2 rings (SSSR count). The molecular formula is C23H35O10P3. The molecular weight excluding hydrogens is 529 g/mol. The summed E-state index contributed by atoms with van der Waals surface area (Å²) in [4.78, 5) is 21.6. The molecule has 0 aliphatic rings. The molecule has 10 nitrogen and oxygen atoms in total. The molecule has 0 aliphatic carbocycles. The second kappa shape index (κ2) is 19.4. The van der Waals surface area contributed by atoms with Gasteiger partial charge in [0.25, 0.3) is 0 Å². The number of carboxylic acid groups (broad SMARTS) is 2. The summed E-state index contributed by atoms with van der Waals surface area (Å²) in [5.74, 6) is -0.675. The van der Waals surface area contributed by atoms with Gasteiger partial charge in [0.1, 0.15) is 19.0 Å². The minimum absolute atomic E-state index is 0. The van der Waals surface area contributed by atoms with Crippen LogP contribution in [0.2, 0.25) is 0 Å². The molecule has 0 saturated carbocycles. The summed E-state index contributed by atoms with van der Waals surface area (Å²) in [5.41, 5.74) is -0.0440. The van der Waals surface area contributed by atoms with Gasteiger partial charge in [-0.25, -0.2) is 0 Å². The van der Waals surface area contributed by atoms with Gasteiger partial charge in [0, 0.05) is 26.0 Å². The molecule has 0 aliphatic heterocycles. The van der Waals surface area contributed by atoms with Crippen molar-refractivity contribution in [2.75, 3.05) is 40.4 Å². The van der Waals surface area contributed by atoms with Crippen molar-refractivity contribution in [1.82, 2.24) is 0 Å². The lowest BCUT2D eigenvalue weighted by molar-refractivity contribution is -0.256. The third-order valence-electron chi connectivity index (χ3n) is 3.86. The van der Waals surface area contributed by atoms with Crippen molar-refractivity contribution in [3.63, 3.8) is 0 Å². The van der Waals surface area contributed by atoms with Gasteiger partial charge in [-0.05, 0) is 24.3 Å². The Morgan fingerprint density at radius 2 is 0.972 bits per heavy atom. The van der Waals surface area contributed by atoms with Crippen molar-refractivity contribution >= 4 is 39.7 Å². The van der Waals surface area contributed by atoms with E-state index in [0.717, 1.165) is 0 Å². The maximum Gasteiger partial charge on any atom is 0.203 e. The Balaban J connectivity index is -0.000000566. The topological polar surface area (TPSA) is 136 Å². The Morgan fingerprint density at radius 1 is 0.639 bits per heavy atom. The van der Waals surface area contributed by atoms with E-state index in [0.29, 0.717) is 42.0 Å². The van der Waals surface area contributed by atoms with Crippen LogP contribution in [0.4, 0.5) is 0 Å². The van der Waals surface area contributed by atoms with Crippen molar-refractivity contribution in [3.05, 3.63) is 50.2 Å². The van der Waals surface area contributed by atoms with Crippen molar-refractivity contribution in [2.45, 2.75) is 7.43 Å². The van der Waals surface area contributed by atoms with Crippen molar-refractivity contribution < 1.29 is 48.2 Å². The van der Waals surface area contributed by atoms with Gasteiger partial charge in [0.2, 0.25) is 11.5 Å². The fourth-order valence-corrected chi connectivity index (χ4v) is 3.04. The first-order valence-corrected chi connectivity index (χ1v) is 11.6. The van der Waals surface area contributed by atoms with E-state index >= 15 is 0 Å². The predicted molar refractivity (Wildman–Crippen MR) is 146 cm³/mol. The predicted octanol–water partition coefficient (Wildman–Crippen LogP) is 2.30. The highest BCUT2D eigenvalue weighted by Gasteiger charge is 2.15. The van der Waals surface area contributed by atoms with Crippen molar-refractivity contribution in [2.24, 2.45) is 0 Å². The van der Waals surface area contributed by atoms with Gasteiger partial charge in [-0.1, -0.05) is 35.1 Å². The molecule has 0 saturated heterocycles. The van der Waals surface area contributed by atoms with E-state index in [4.69, 9.17) is 28.4 Å². The van der Waals surface area contributed by atoms with Crippen LogP contribution in [0.5, 0.6) is 34.5 Å². The monoisotopic (exact) mass is 564 g/mol. The molecule has 0 fully saturated rings. The van der Waals surface area contributed by atoms with E-state index in [1.54, 1.807) is 0 Å². The lowest BCUT2D eigenvalue weighted by Gasteiger charge is -2.17. The van der Waals surface area contributed by atoms with Crippen LogP contribution in [0.1, 0.15) is 28.1 Å². The highest BCUT2D eigenvalue weighted by molar-refractivity contribution is 7.16. The fraction of sp³-hybridized carbons (Fsp3) is 0.304. The average Bonchev–Trinajstić information content (AvgIpc) is 2.80. The van der Waals surface area contributed by atoms with Crippen LogP contribution >= 0.6 is 27.7 Å². The minimum Gasteiger partial charge on any atom is -0.545 e. The van der Waals surface area contributed by atoms with Crippen LogP contribution in [0.3, 0.4) is 0 Å². The van der Waals surface area contributed by atoms with Gasteiger partial charge in [-0.3, -0.25) is 0 Å². The second-order valence-corrected chi connectivity index (χ2v) is 6.72. The zero-order valence-corrected chi connectivity index (χ0v) is 23.7. The number of carboxylic acids is 2. The lowest BCUT2D eigenvalue weighted by atomic mass is 10.2. The van der Waals surface area contributed by atoms with Gasteiger partial charge < -0.3 is 48.2 Å². The maximum absolute atomic E-state index is 10.9. The summed E-state index contributed by atoms with van der Waals surface area (Å²) < 4.78 is 31.0. The zero-order chi connectivity index (χ0) is 25.0. The SMILES string of the molecule is C.COc1cc(C(=O)[O-])cc(OC)c1OC.O=C([O-])c1cc(OCP)c(OCP)c(OCP)c1.[CH3+].[CH3+]. The quantitative estimate of drug-likeness (QED) is 0.296. The average molecular weight is 564 g/mol. The number of ether oxygens (including phenoxy) is 6. The second-order valence-electron chi connectivity index (χ2n) is 5.72. The first-order chi connectivity index (χ1) is 15.8. The van der Waals surface area contributed by atoms with E-state index in [1.807, 2.05) is 0 Å². The van der Waals surface area contributed by atoms with Crippen molar-refractivity contribution in [3.8, 4) is 34.5 Å². The molecule has 0 amide bonds. The smallest absolute Gasteiger partial charge is 0.203 e.